The second-order valence-corrected chi connectivity index (χ2v) is 6.65. The monoisotopic (exact) mass is 343 g/mol. The Balaban J connectivity index is 1.83. The molecule has 0 radical (unpaired) electrons. The van der Waals surface area contributed by atoms with E-state index in [1.807, 2.05) is 30.3 Å². The Kier molecular flexibility index (Phi) is 5.85. The number of rotatable bonds is 7. The summed E-state index contributed by atoms with van der Waals surface area (Å²) < 4.78 is 0. The molecule has 0 amide bonds. The quantitative estimate of drug-likeness (QED) is 0.534. The van der Waals surface area contributed by atoms with Crippen LogP contribution >= 0.6 is 0 Å². The first-order valence-corrected chi connectivity index (χ1v) is 9.16. The molecular formula is C24H25NO. The van der Waals surface area contributed by atoms with Gasteiger partial charge in [-0.15, -0.1) is 0 Å². The summed E-state index contributed by atoms with van der Waals surface area (Å²) in [6, 6.07) is 26.3. The topological polar surface area (TPSA) is 29.1 Å². The van der Waals surface area contributed by atoms with Gasteiger partial charge in [-0.3, -0.25) is 4.79 Å². The highest BCUT2D eigenvalue weighted by molar-refractivity contribution is 5.96. The van der Waals surface area contributed by atoms with E-state index in [-0.39, 0.29) is 11.8 Å². The van der Waals surface area contributed by atoms with E-state index >= 15 is 0 Å². The van der Waals surface area contributed by atoms with Crippen LogP contribution in [0.2, 0.25) is 0 Å². The third kappa shape index (κ3) is 4.60. The number of aryl methyl sites for hydroxylation is 2. The molecule has 0 spiro atoms. The summed E-state index contributed by atoms with van der Waals surface area (Å²) in [7, 11) is 0. The molecule has 1 N–H and O–H groups in total. The smallest absolute Gasteiger partial charge is 0.165 e. The van der Waals surface area contributed by atoms with E-state index in [4.69, 9.17) is 0 Å². The zero-order valence-electron chi connectivity index (χ0n) is 15.4. The van der Waals surface area contributed by atoms with Crippen molar-refractivity contribution in [2.75, 3.05) is 5.32 Å². The van der Waals surface area contributed by atoms with E-state index in [9.17, 15) is 4.79 Å². The second-order valence-electron chi connectivity index (χ2n) is 6.65. The van der Waals surface area contributed by atoms with Gasteiger partial charge in [0.05, 0.1) is 6.04 Å². The van der Waals surface area contributed by atoms with E-state index in [2.05, 4.69) is 67.7 Å². The Morgan fingerprint density at radius 2 is 1.54 bits per heavy atom. The van der Waals surface area contributed by atoms with Gasteiger partial charge < -0.3 is 5.32 Å². The normalized spacial score (nSPS) is 11.8. The van der Waals surface area contributed by atoms with Crippen molar-refractivity contribution < 1.29 is 4.79 Å². The minimum Gasteiger partial charge on any atom is -0.378 e. The third-order valence-electron chi connectivity index (χ3n) is 4.67. The fraction of sp³-hybridized carbons (Fsp3) is 0.208. The maximum atomic E-state index is 12.7. The van der Waals surface area contributed by atoms with Crippen LogP contribution in [0.4, 0.5) is 5.69 Å². The first kappa shape index (κ1) is 17.9. The molecule has 0 saturated carbocycles. The molecule has 0 aliphatic carbocycles. The summed E-state index contributed by atoms with van der Waals surface area (Å²) in [5, 5.41) is 3.55. The van der Waals surface area contributed by atoms with Crippen molar-refractivity contribution in [3.8, 4) is 0 Å². The van der Waals surface area contributed by atoms with Gasteiger partial charge >= 0.3 is 0 Å². The Labute approximate surface area is 155 Å². The molecule has 0 aromatic heterocycles. The highest BCUT2D eigenvalue weighted by atomic mass is 16.1. The van der Waals surface area contributed by atoms with Crippen molar-refractivity contribution in [3.63, 3.8) is 0 Å². The third-order valence-corrected chi connectivity index (χ3v) is 4.67. The van der Waals surface area contributed by atoms with Crippen LogP contribution in [0, 0.1) is 6.92 Å². The van der Waals surface area contributed by atoms with Crippen molar-refractivity contribution in [3.05, 3.63) is 101 Å². The number of nitrogens with one attached hydrogen (secondary N) is 1. The van der Waals surface area contributed by atoms with Gasteiger partial charge in [0.2, 0.25) is 0 Å². The first-order valence-electron chi connectivity index (χ1n) is 9.16. The first-order chi connectivity index (χ1) is 12.7. The highest BCUT2D eigenvalue weighted by Gasteiger charge is 2.17. The van der Waals surface area contributed by atoms with E-state index in [0.717, 1.165) is 23.2 Å². The van der Waals surface area contributed by atoms with Crippen LogP contribution in [0.25, 0.3) is 0 Å². The number of Topliss-reactive ketones (excluding diaryl/α,β-unsaturated/α-hetero) is 1. The number of ketones is 1. The van der Waals surface area contributed by atoms with Crippen LogP contribution in [0.15, 0.2) is 78.9 Å². The number of carbonyl (C=O) groups is 1. The van der Waals surface area contributed by atoms with Gasteiger partial charge in [-0.2, -0.15) is 0 Å². The van der Waals surface area contributed by atoms with Gasteiger partial charge in [0.15, 0.2) is 5.78 Å². The average molecular weight is 343 g/mol. The largest absolute Gasteiger partial charge is 0.378 e. The number of anilines is 1. The lowest BCUT2D eigenvalue weighted by Gasteiger charge is -2.20. The molecule has 0 heterocycles. The van der Waals surface area contributed by atoms with Crippen molar-refractivity contribution in [1.82, 2.24) is 0 Å². The molecule has 0 saturated heterocycles. The maximum absolute atomic E-state index is 12.7. The Morgan fingerprint density at radius 1 is 0.885 bits per heavy atom. The van der Waals surface area contributed by atoms with Gasteiger partial charge in [0.1, 0.15) is 0 Å². The van der Waals surface area contributed by atoms with E-state index in [0.29, 0.717) is 6.42 Å². The Bertz CT molecular complexity index is 836. The van der Waals surface area contributed by atoms with Gasteiger partial charge in [-0.05, 0) is 36.6 Å². The van der Waals surface area contributed by atoms with Crippen LogP contribution < -0.4 is 5.32 Å². The second kappa shape index (κ2) is 8.48. The zero-order chi connectivity index (χ0) is 18.4. The lowest BCUT2D eigenvalue weighted by molar-refractivity contribution is 0.0976. The summed E-state index contributed by atoms with van der Waals surface area (Å²) >= 11 is 0. The van der Waals surface area contributed by atoms with Gasteiger partial charge in [-0.25, -0.2) is 0 Å². The molecule has 26 heavy (non-hydrogen) atoms. The molecule has 1 unspecified atom stereocenters. The van der Waals surface area contributed by atoms with Crippen molar-refractivity contribution in [2.24, 2.45) is 0 Å². The Hall–Kier alpha value is -2.87. The van der Waals surface area contributed by atoms with Crippen molar-refractivity contribution in [2.45, 2.75) is 32.7 Å². The standard InChI is InChI=1S/C24H25NO/c1-3-19-11-15-22(16-12-19)25-23(20-13-9-18(2)10-14-20)17-24(26)21-7-5-4-6-8-21/h4-16,23,25H,3,17H2,1-2H3. The number of hydrogen-bond donors (Lipinski definition) is 1. The zero-order valence-corrected chi connectivity index (χ0v) is 15.4. The number of carbonyl (C=O) groups excluding carboxylic acids is 1. The molecule has 3 rings (SSSR count). The predicted molar refractivity (Wildman–Crippen MR) is 109 cm³/mol. The van der Waals surface area contributed by atoms with Gasteiger partial charge in [0, 0.05) is 17.7 Å². The molecule has 3 aromatic rings. The van der Waals surface area contributed by atoms with Gasteiger partial charge in [-0.1, -0.05) is 79.2 Å². The predicted octanol–water partition coefficient (Wildman–Crippen LogP) is 5.98. The summed E-state index contributed by atoms with van der Waals surface area (Å²) in [5.41, 5.74) is 5.44. The van der Waals surface area contributed by atoms with Crippen molar-refractivity contribution in [1.29, 1.82) is 0 Å². The summed E-state index contributed by atoms with van der Waals surface area (Å²) in [4.78, 5) is 12.7. The molecule has 1 atom stereocenters. The molecule has 2 heteroatoms. The summed E-state index contributed by atoms with van der Waals surface area (Å²) in [5.74, 6) is 0.147. The van der Waals surface area contributed by atoms with Crippen molar-refractivity contribution >= 4 is 11.5 Å². The SMILES string of the molecule is CCc1ccc(NC(CC(=O)c2ccccc2)c2ccc(C)cc2)cc1. The molecule has 0 fully saturated rings. The molecular weight excluding hydrogens is 318 g/mol. The maximum Gasteiger partial charge on any atom is 0.165 e. The number of benzene rings is 3. The number of hydrogen-bond acceptors (Lipinski definition) is 2. The average Bonchev–Trinajstić information content (AvgIpc) is 2.69. The van der Waals surface area contributed by atoms with Gasteiger partial charge in [0.25, 0.3) is 0 Å². The lowest BCUT2D eigenvalue weighted by Crippen LogP contribution is -2.16. The summed E-state index contributed by atoms with van der Waals surface area (Å²) in [6.07, 6.45) is 1.44. The van der Waals surface area contributed by atoms with Crippen LogP contribution in [0.3, 0.4) is 0 Å². The Morgan fingerprint density at radius 3 is 2.15 bits per heavy atom. The minimum atomic E-state index is -0.0595. The summed E-state index contributed by atoms with van der Waals surface area (Å²) in [6.45, 7) is 4.22. The molecule has 2 nitrogen and oxygen atoms in total. The molecule has 0 aliphatic rings. The fourth-order valence-electron chi connectivity index (χ4n) is 3.02. The fourth-order valence-corrected chi connectivity index (χ4v) is 3.02. The van der Waals surface area contributed by atoms with Crippen LogP contribution in [-0.2, 0) is 6.42 Å². The lowest BCUT2D eigenvalue weighted by atomic mass is 9.97. The van der Waals surface area contributed by atoms with E-state index in [1.165, 1.54) is 11.1 Å². The minimum absolute atomic E-state index is 0.0595. The van der Waals surface area contributed by atoms with Crippen LogP contribution in [-0.4, -0.2) is 5.78 Å². The molecule has 0 aliphatic heterocycles. The van der Waals surface area contributed by atoms with E-state index < -0.39 is 0 Å². The highest BCUT2D eigenvalue weighted by Crippen LogP contribution is 2.25. The van der Waals surface area contributed by atoms with Crippen LogP contribution in [0.5, 0.6) is 0 Å². The van der Waals surface area contributed by atoms with Crippen LogP contribution in [0.1, 0.15) is 46.4 Å². The molecule has 0 bridgehead atoms. The molecule has 132 valence electrons. The molecule has 3 aromatic carbocycles. The van der Waals surface area contributed by atoms with E-state index in [1.54, 1.807) is 0 Å².